The Hall–Kier alpha value is 0. The molecule has 11 heavy (non-hydrogen) atoms. The SMILES string of the molecule is CCC1(C)CC(CC(C)C)C1. The Morgan fingerprint density at radius 3 is 2.27 bits per heavy atom. The van der Waals surface area contributed by atoms with E-state index >= 15 is 0 Å². The molecule has 1 saturated carbocycles. The minimum atomic E-state index is 0.722. The van der Waals surface area contributed by atoms with E-state index in [1.807, 2.05) is 0 Å². The van der Waals surface area contributed by atoms with E-state index in [1.165, 1.54) is 25.7 Å². The van der Waals surface area contributed by atoms with Crippen LogP contribution in [-0.2, 0) is 0 Å². The summed E-state index contributed by atoms with van der Waals surface area (Å²) in [5, 5.41) is 0. The maximum atomic E-state index is 2.43. The van der Waals surface area contributed by atoms with Gasteiger partial charge in [-0.2, -0.15) is 0 Å². The van der Waals surface area contributed by atoms with E-state index in [0.29, 0.717) is 0 Å². The van der Waals surface area contributed by atoms with E-state index in [1.54, 1.807) is 0 Å². The third-order valence-corrected chi connectivity index (χ3v) is 3.22. The van der Waals surface area contributed by atoms with Crippen molar-refractivity contribution in [1.29, 1.82) is 0 Å². The maximum Gasteiger partial charge on any atom is -0.0323 e. The van der Waals surface area contributed by atoms with Crippen LogP contribution in [0.5, 0.6) is 0 Å². The van der Waals surface area contributed by atoms with Crippen LogP contribution >= 0.6 is 0 Å². The monoisotopic (exact) mass is 154 g/mol. The first-order valence-corrected chi connectivity index (χ1v) is 5.06. The van der Waals surface area contributed by atoms with Crippen LogP contribution in [0.3, 0.4) is 0 Å². The molecular formula is C11H22. The lowest BCUT2D eigenvalue weighted by atomic mass is 9.60. The second-order valence-corrected chi connectivity index (χ2v) is 5.07. The van der Waals surface area contributed by atoms with Gasteiger partial charge in [-0.3, -0.25) is 0 Å². The van der Waals surface area contributed by atoms with Gasteiger partial charge in [0.15, 0.2) is 0 Å². The van der Waals surface area contributed by atoms with Gasteiger partial charge in [-0.1, -0.05) is 34.1 Å². The highest BCUT2D eigenvalue weighted by Crippen LogP contribution is 2.49. The third-order valence-electron chi connectivity index (χ3n) is 3.22. The zero-order chi connectivity index (χ0) is 8.48. The first kappa shape index (κ1) is 9.09. The summed E-state index contributed by atoms with van der Waals surface area (Å²) in [6, 6.07) is 0. The molecule has 0 aliphatic heterocycles. The largest absolute Gasteiger partial charge is 0.0649 e. The van der Waals surface area contributed by atoms with E-state index in [2.05, 4.69) is 27.7 Å². The van der Waals surface area contributed by atoms with Crippen molar-refractivity contribution in [1.82, 2.24) is 0 Å². The summed E-state index contributed by atoms with van der Waals surface area (Å²) in [6.45, 7) is 9.43. The quantitative estimate of drug-likeness (QED) is 0.579. The molecule has 0 saturated heterocycles. The zero-order valence-corrected chi connectivity index (χ0v) is 8.48. The van der Waals surface area contributed by atoms with Crippen molar-refractivity contribution in [2.45, 2.75) is 53.4 Å². The second kappa shape index (κ2) is 3.16. The predicted molar refractivity (Wildman–Crippen MR) is 50.6 cm³/mol. The standard InChI is InChI=1S/C11H22/c1-5-11(4)7-10(8-11)6-9(2)3/h9-10H,5-8H2,1-4H3. The number of hydrogen-bond donors (Lipinski definition) is 0. The summed E-state index contributed by atoms with van der Waals surface area (Å²) in [5.41, 5.74) is 0.722. The van der Waals surface area contributed by atoms with Gasteiger partial charge in [0.1, 0.15) is 0 Å². The summed E-state index contributed by atoms with van der Waals surface area (Å²) < 4.78 is 0. The highest BCUT2D eigenvalue weighted by molar-refractivity contribution is 4.89. The van der Waals surface area contributed by atoms with Crippen molar-refractivity contribution >= 4 is 0 Å². The summed E-state index contributed by atoms with van der Waals surface area (Å²) in [5.74, 6) is 1.96. The Labute approximate surface area is 71.4 Å². The lowest BCUT2D eigenvalue weighted by Crippen LogP contribution is -2.34. The zero-order valence-electron chi connectivity index (χ0n) is 8.48. The first-order valence-electron chi connectivity index (χ1n) is 5.06. The summed E-state index contributed by atoms with van der Waals surface area (Å²) >= 11 is 0. The number of hydrogen-bond acceptors (Lipinski definition) is 0. The van der Waals surface area contributed by atoms with Crippen LogP contribution in [0.2, 0.25) is 0 Å². The average molecular weight is 154 g/mol. The van der Waals surface area contributed by atoms with Crippen LogP contribution in [0.25, 0.3) is 0 Å². The van der Waals surface area contributed by atoms with E-state index in [4.69, 9.17) is 0 Å². The van der Waals surface area contributed by atoms with Gasteiger partial charge in [0.05, 0.1) is 0 Å². The van der Waals surface area contributed by atoms with E-state index < -0.39 is 0 Å². The van der Waals surface area contributed by atoms with E-state index in [0.717, 1.165) is 17.3 Å². The van der Waals surface area contributed by atoms with Gasteiger partial charge in [-0.25, -0.2) is 0 Å². The van der Waals surface area contributed by atoms with Crippen LogP contribution in [0.1, 0.15) is 53.4 Å². The van der Waals surface area contributed by atoms with Crippen LogP contribution < -0.4 is 0 Å². The molecule has 0 atom stereocenters. The molecular weight excluding hydrogens is 132 g/mol. The van der Waals surface area contributed by atoms with Gasteiger partial charge in [0.2, 0.25) is 0 Å². The van der Waals surface area contributed by atoms with Crippen LogP contribution in [-0.4, -0.2) is 0 Å². The molecule has 0 amide bonds. The van der Waals surface area contributed by atoms with Crippen molar-refractivity contribution in [2.75, 3.05) is 0 Å². The maximum absolute atomic E-state index is 2.43. The molecule has 0 spiro atoms. The van der Waals surface area contributed by atoms with Crippen LogP contribution in [0.4, 0.5) is 0 Å². The van der Waals surface area contributed by atoms with Gasteiger partial charge >= 0.3 is 0 Å². The Kier molecular flexibility index (Phi) is 2.61. The molecule has 0 bridgehead atoms. The van der Waals surface area contributed by atoms with Gasteiger partial charge in [0, 0.05) is 0 Å². The van der Waals surface area contributed by atoms with Gasteiger partial charge in [-0.05, 0) is 36.5 Å². The highest BCUT2D eigenvalue weighted by atomic mass is 14.4. The topological polar surface area (TPSA) is 0 Å². The Bertz CT molecular complexity index is 118. The van der Waals surface area contributed by atoms with Crippen molar-refractivity contribution in [3.05, 3.63) is 0 Å². The molecule has 0 aromatic carbocycles. The molecule has 0 heterocycles. The lowest BCUT2D eigenvalue weighted by Gasteiger charge is -2.45. The normalized spacial score (nSPS) is 37.4. The highest BCUT2D eigenvalue weighted by Gasteiger charge is 2.38. The van der Waals surface area contributed by atoms with Crippen molar-refractivity contribution in [3.63, 3.8) is 0 Å². The van der Waals surface area contributed by atoms with Gasteiger partial charge < -0.3 is 0 Å². The lowest BCUT2D eigenvalue weighted by molar-refractivity contribution is 0.0565. The third kappa shape index (κ3) is 2.21. The molecule has 0 aromatic heterocycles. The molecule has 0 nitrogen and oxygen atoms in total. The predicted octanol–water partition coefficient (Wildman–Crippen LogP) is 3.86. The summed E-state index contributed by atoms with van der Waals surface area (Å²) in [7, 11) is 0. The minimum absolute atomic E-state index is 0.722. The molecule has 0 aromatic rings. The average Bonchev–Trinajstić information content (AvgIpc) is 1.83. The summed E-state index contributed by atoms with van der Waals surface area (Å²) in [4.78, 5) is 0. The molecule has 1 aliphatic rings. The van der Waals surface area contributed by atoms with Gasteiger partial charge in [0.25, 0.3) is 0 Å². The molecule has 1 rings (SSSR count). The molecule has 1 aliphatic carbocycles. The molecule has 66 valence electrons. The van der Waals surface area contributed by atoms with Crippen molar-refractivity contribution in [3.8, 4) is 0 Å². The summed E-state index contributed by atoms with van der Waals surface area (Å²) in [6.07, 6.45) is 5.81. The second-order valence-electron chi connectivity index (χ2n) is 5.07. The fourth-order valence-corrected chi connectivity index (χ4v) is 2.46. The van der Waals surface area contributed by atoms with E-state index in [9.17, 15) is 0 Å². The molecule has 0 heteroatoms. The first-order chi connectivity index (χ1) is 5.06. The Morgan fingerprint density at radius 1 is 1.36 bits per heavy atom. The van der Waals surface area contributed by atoms with Gasteiger partial charge in [-0.15, -0.1) is 0 Å². The van der Waals surface area contributed by atoms with Crippen molar-refractivity contribution in [2.24, 2.45) is 17.3 Å². The molecule has 0 radical (unpaired) electrons. The smallest absolute Gasteiger partial charge is 0.0323 e. The molecule has 0 N–H and O–H groups in total. The van der Waals surface area contributed by atoms with Crippen molar-refractivity contribution < 1.29 is 0 Å². The molecule has 1 fully saturated rings. The molecule has 0 unspecified atom stereocenters. The Morgan fingerprint density at radius 2 is 1.91 bits per heavy atom. The fraction of sp³-hybridized carbons (Fsp3) is 1.00. The van der Waals surface area contributed by atoms with Crippen LogP contribution in [0, 0.1) is 17.3 Å². The van der Waals surface area contributed by atoms with E-state index in [-0.39, 0.29) is 0 Å². The van der Waals surface area contributed by atoms with Crippen LogP contribution in [0.15, 0.2) is 0 Å². The fourth-order valence-electron chi connectivity index (χ4n) is 2.46. The number of rotatable bonds is 3. The Balaban J connectivity index is 2.18. The minimum Gasteiger partial charge on any atom is -0.0649 e.